The molecule has 2 aliphatic rings. The number of allylic oxidation sites excluding steroid dienone is 1. The number of nitrogens with two attached hydrogens (primary N) is 2. The van der Waals surface area contributed by atoms with Gasteiger partial charge in [0.25, 0.3) is 5.89 Å². The van der Waals surface area contributed by atoms with Gasteiger partial charge < -0.3 is 25.8 Å². The molecule has 0 saturated heterocycles. The fourth-order valence-electron chi connectivity index (χ4n) is 4.46. The van der Waals surface area contributed by atoms with Crippen molar-refractivity contribution in [3.8, 4) is 11.5 Å². The minimum atomic E-state index is -0.148. The van der Waals surface area contributed by atoms with Crippen LogP contribution >= 0.6 is 11.6 Å². The molecule has 1 amide bonds. The maximum Gasteiger partial charge on any atom is 0.250 e. The summed E-state index contributed by atoms with van der Waals surface area (Å²) < 4.78 is 5.69. The van der Waals surface area contributed by atoms with Crippen LogP contribution in [0.2, 0.25) is 5.02 Å². The van der Waals surface area contributed by atoms with Crippen LogP contribution in [0.15, 0.2) is 58.5 Å². The van der Waals surface area contributed by atoms with Gasteiger partial charge in [0.15, 0.2) is 0 Å². The second-order valence-electron chi connectivity index (χ2n) is 9.04. The number of hydrazine groups is 1. The number of nitrogens with zero attached hydrogens (tertiary/aromatic N) is 5. The zero-order valence-electron chi connectivity index (χ0n) is 20.2. The number of anilines is 1. The van der Waals surface area contributed by atoms with Crippen LogP contribution < -0.4 is 22.3 Å². The lowest BCUT2D eigenvalue weighted by Gasteiger charge is -2.28. The van der Waals surface area contributed by atoms with Crippen molar-refractivity contribution in [1.29, 1.82) is 0 Å². The van der Waals surface area contributed by atoms with E-state index < -0.39 is 0 Å². The smallest absolute Gasteiger partial charge is 0.250 e. The van der Waals surface area contributed by atoms with E-state index in [1.807, 2.05) is 18.2 Å². The lowest BCUT2D eigenvalue weighted by Crippen LogP contribution is -2.42. The molecule has 0 fully saturated rings. The first-order chi connectivity index (χ1) is 18.0. The van der Waals surface area contributed by atoms with Crippen LogP contribution in [0.1, 0.15) is 37.1 Å². The second kappa shape index (κ2) is 11.0. The molecular weight excluding hydrogens is 494 g/mol. The largest absolute Gasteiger partial charge is 0.420 e. The highest BCUT2D eigenvalue weighted by atomic mass is 35.5. The number of amides is 1. The highest BCUT2D eigenvalue weighted by Gasteiger charge is 2.23. The first-order valence-electron chi connectivity index (χ1n) is 12.1. The van der Waals surface area contributed by atoms with Gasteiger partial charge in [0.1, 0.15) is 6.42 Å². The second-order valence-corrected chi connectivity index (χ2v) is 9.48. The van der Waals surface area contributed by atoms with Crippen molar-refractivity contribution in [2.75, 3.05) is 18.4 Å². The van der Waals surface area contributed by atoms with E-state index in [2.05, 4.69) is 43.1 Å². The Morgan fingerprint density at radius 1 is 1.19 bits per heavy atom. The van der Waals surface area contributed by atoms with Crippen LogP contribution in [-0.4, -0.2) is 50.1 Å². The molecule has 3 heterocycles. The molecule has 1 aromatic carbocycles. The van der Waals surface area contributed by atoms with Crippen molar-refractivity contribution in [2.24, 2.45) is 11.6 Å². The summed E-state index contributed by atoms with van der Waals surface area (Å²) >= 11 is 6.13. The molecule has 3 aromatic rings. The SMILES string of the molecule is NNC1=C(N)CN(C(=O)Cc2nnc(-c3cnc(NC4CC=C(c5cccc(Cl)c5)CC4)nc3)o2)CC1. The fourth-order valence-corrected chi connectivity index (χ4v) is 4.65. The number of hydrogen-bond acceptors (Lipinski definition) is 10. The van der Waals surface area contributed by atoms with Crippen molar-refractivity contribution in [3.05, 3.63) is 70.6 Å². The standard InChI is InChI=1S/C25H28ClN9O2/c26-18-3-1-2-16(10-18)15-4-6-19(7-5-15)31-25-29-12-17(13-30-25)24-34-33-22(37-24)11-23(36)35-9-8-21(32-28)20(27)14-35/h1-4,10,12-13,19,32H,5-9,11,14,27-28H2,(H,29,30,31). The van der Waals surface area contributed by atoms with Gasteiger partial charge in [-0.05, 0) is 42.5 Å². The predicted octanol–water partition coefficient (Wildman–Crippen LogP) is 2.64. The fraction of sp³-hybridized carbons (Fsp3) is 0.320. The van der Waals surface area contributed by atoms with Gasteiger partial charge >= 0.3 is 0 Å². The zero-order chi connectivity index (χ0) is 25.8. The number of hydrogen-bond donors (Lipinski definition) is 4. The summed E-state index contributed by atoms with van der Waals surface area (Å²) in [7, 11) is 0. The summed E-state index contributed by atoms with van der Waals surface area (Å²) in [5, 5.41) is 12.2. The molecule has 1 aliphatic heterocycles. The number of carbonyl (C=O) groups is 1. The minimum absolute atomic E-state index is 0.0153. The average molecular weight is 522 g/mol. The van der Waals surface area contributed by atoms with Gasteiger partial charge in [-0.1, -0.05) is 29.8 Å². The molecule has 37 heavy (non-hydrogen) atoms. The molecule has 2 aromatic heterocycles. The van der Waals surface area contributed by atoms with Crippen LogP contribution in [0.4, 0.5) is 5.95 Å². The summed E-state index contributed by atoms with van der Waals surface area (Å²) in [6.45, 7) is 0.821. The summed E-state index contributed by atoms with van der Waals surface area (Å²) in [4.78, 5) is 23.1. The average Bonchev–Trinajstić information content (AvgIpc) is 3.38. The summed E-state index contributed by atoms with van der Waals surface area (Å²) in [6, 6.07) is 8.18. The van der Waals surface area contributed by atoms with Crippen molar-refractivity contribution < 1.29 is 9.21 Å². The van der Waals surface area contributed by atoms with Gasteiger partial charge in [-0.3, -0.25) is 10.6 Å². The van der Waals surface area contributed by atoms with E-state index in [-0.39, 0.29) is 30.2 Å². The summed E-state index contributed by atoms with van der Waals surface area (Å²) in [6.07, 6.45) is 8.84. The molecule has 0 radical (unpaired) electrons. The van der Waals surface area contributed by atoms with E-state index in [1.165, 1.54) is 11.1 Å². The van der Waals surface area contributed by atoms with E-state index in [4.69, 9.17) is 27.6 Å². The molecule has 11 nitrogen and oxygen atoms in total. The Bertz CT molecular complexity index is 1340. The van der Waals surface area contributed by atoms with E-state index >= 15 is 0 Å². The Morgan fingerprint density at radius 2 is 2.03 bits per heavy atom. The Morgan fingerprint density at radius 3 is 2.73 bits per heavy atom. The number of aromatic nitrogens is 4. The van der Waals surface area contributed by atoms with Crippen molar-refractivity contribution in [3.63, 3.8) is 0 Å². The predicted molar refractivity (Wildman–Crippen MR) is 139 cm³/mol. The molecule has 0 saturated carbocycles. The third-order valence-corrected chi connectivity index (χ3v) is 6.75. The third-order valence-electron chi connectivity index (χ3n) is 6.52. The molecule has 192 valence electrons. The Balaban J connectivity index is 1.15. The normalized spacial score (nSPS) is 17.9. The van der Waals surface area contributed by atoms with Crippen LogP contribution in [0, 0.1) is 0 Å². The maximum absolute atomic E-state index is 12.6. The highest BCUT2D eigenvalue weighted by molar-refractivity contribution is 6.30. The number of rotatable bonds is 7. The van der Waals surface area contributed by atoms with Gasteiger partial charge in [0.05, 0.1) is 12.1 Å². The topological polar surface area (TPSA) is 161 Å². The zero-order valence-corrected chi connectivity index (χ0v) is 20.9. The summed E-state index contributed by atoms with van der Waals surface area (Å²) in [5.41, 5.74) is 12.9. The van der Waals surface area contributed by atoms with Gasteiger partial charge in [-0.2, -0.15) is 0 Å². The van der Waals surface area contributed by atoms with Crippen LogP contribution in [0.3, 0.4) is 0 Å². The monoisotopic (exact) mass is 521 g/mol. The van der Waals surface area contributed by atoms with E-state index in [1.54, 1.807) is 17.3 Å². The summed E-state index contributed by atoms with van der Waals surface area (Å²) in [5.74, 6) is 6.30. The molecular formula is C25H28ClN9O2. The van der Waals surface area contributed by atoms with E-state index in [0.29, 0.717) is 36.7 Å². The van der Waals surface area contributed by atoms with Crippen molar-refractivity contribution in [1.82, 2.24) is 30.5 Å². The number of nitrogens with one attached hydrogen (secondary N) is 2. The molecule has 5 rings (SSSR count). The molecule has 1 atom stereocenters. The van der Waals surface area contributed by atoms with Crippen molar-refractivity contribution in [2.45, 2.75) is 38.1 Å². The first kappa shape index (κ1) is 24.7. The quantitative estimate of drug-likeness (QED) is 0.268. The van der Waals surface area contributed by atoms with Crippen molar-refractivity contribution >= 4 is 29.0 Å². The maximum atomic E-state index is 12.6. The van der Waals surface area contributed by atoms with Crippen LogP contribution in [0.25, 0.3) is 17.0 Å². The number of carbonyl (C=O) groups excluding carboxylic acids is 1. The molecule has 6 N–H and O–H groups in total. The molecule has 0 spiro atoms. The first-order valence-corrected chi connectivity index (χ1v) is 12.4. The molecule has 1 aliphatic carbocycles. The number of halogens is 1. The van der Waals surface area contributed by atoms with Crippen LogP contribution in [-0.2, 0) is 11.2 Å². The number of benzene rings is 1. The van der Waals surface area contributed by atoms with Crippen LogP contribution in [0.5, 0.6) is 0 Å². The van der Waals surface area contributed by atoms with Gasteiger partial charge in [0.2, 0.25) is 17.7 Å². The Hall–Kier alpha value is -3.96. The lowest BCUT2D eigenvalue weighted by atomic mass is 9.91. The minimum Gasteiger partial charge on any atom is -0.420 e. The Labute approximate surface area is 219 Å². The lowest BCUT2D eigenvalue weighted by molar-refractivity contribution is -0.130. The third kappa shape index (κ3) is 5.89. The highest BCUT2D eigenvalue weighted by Crippen LogP contribution is 2.29. The van der Waals surface area contributed by atoms with Gasteiger partial charge in [0, 0.05) is 47.8 Å². The van der Waals surface area contributed by atoms with Gasteiger partial charge in [-0.25, -0.2) is 9.97 Å². The Kier molecular flexibility index (Phi) is 7.33. The molecule has 0 bridgehead atoms. The van der Waals surface area contributed by atoms with E-state index in [0.717, 1.165) is 30.0 Å². The molecule has 1 unspecified atom stereocenters. The molecule has 12 heteroatoms. The van der Waals surface area contributed by atoms with Gasteiger partial charge in [-0.15, -0.1) is 10.2 Å². The van der Waals surface area contributed by atoms with E-state index in [9.17, 15) is 4.79 Å².